The van der Waals surface area contributed by atoms with Gasteiger partial charge in [-0.05, 0) is 25.0 Å². The summed E-state index contributed by atoms with van der Waals surface area (Å²) in [6.07, 6.45) is 4.99. The van der Waals surface area contributed by atoms with Crippen LogP contribution < -0.4 is 0 Å². The van der Waals surface area contributed by atoms with Crippen molar-refractivity contribution in [3.8, 4) is 11.4 Å². The summed E-state index contributed by atoms with van der Waals surface area (Å²) >= 11 is 0.874. The van der Waals surface area contributed by atoms with Gasteiger partial charge in [0.25, 0.3) is 0 Å². The van der Waals surface area contributed by atoms with E-state index in [4.69, 9.17) is 0 Å². The van der Waals surface area contributed by atoms with Gasteiger partial charge in [0.2, 0.25) is 5.82 Å². The molecule has 4 nitrogen and oxygen atoms in total. The number of hydrogen-bond donors (Lipinski definition) is 0. The van der Waals surface area contributed by atoms with Gasteiger partial charge >= 0.3 is 0 Å². The van der Waals surface area contributed by atoms with Crippen LogP contribution in [0.3, 0.4) is 0 Å². The number of aromatic nitrogens is 4. The highest BCUT2D eigenvalue weighted by Gasteiger charge is 2.31. The standard InChI is InChI=1S/C17H11F5N4S/c18-11-10(12(19)14(21)15(22)13(11)20)7-27-17-25-24-16(26(17)9-1-2-9)8-3-5-23-6-4-8/h3-6,9H,1-2,7H2. The van der Waals surface area contributed by atoms with E-state index < -0.39 is 40.4 Å². The minimum Gasteiger partial charge on any atom is -0.299 e. The molecule has 10 heteroatoms. The molecule has 1 aromatic carbocycles. The summed E-state index contributed by atoms with van der Waals surface area (Å²) in [4.78, 5) is 3.94. The van der Waals surface area contributed by atoms with Crippen LogP contribution in [0.15, 0.2) is 29.7 Å². The van der Waals surface area contributed by atoms with Crippen molar-refractivity contribution >= 4 is 11.8 Å². The highest BCUT2D eigenvalue weighted by atomic mass is 32.2. The van der Waals surface area contributed by atoms with Gasteiger partial charge in [-0.25, -0.2) is 22.0 Å². The molecule has 2 heterocycles. The van der Waals surface area contributed by atoms with Crippen molar-refractivity contribution in [2.45, 2.75) is 29.8 Å². The third kappa shape index (κ3) is 3.18. The quantitative estimate of drug-likeness (QED) is 0.271. The van der Waals surface area contributed by atoms with Gasteiger partial charge in [-0.15, -0.1) is 10.2 Å². The highest BCUT2D eigenvalue weighted by molar-refractivity contribution is 7.98. The average molecular weight is 398 g/mol. The predicted molar refractivity (Wildman–Crippen MR) is 87.3 cm³/mol. The van der Waals surface area contributed by atoms with Crippen LogP contribution in [0.25, 0.3) is 11.4 Å². The van der Waals surface area contributed by atoms with E-state index in [-0.39, 0.29) is 6.04 Å². The largest absolute Gasteiger partial charge is 0.299 e. The fourth-order valence-electron chi connectivity index (χ4n) is 2.65. The van der Waals surface area contributed by atoms with Gasteiger partial charge in [0.1, 0.15) is 0 Å². The third-order valence-electron chi connectivity index (χ3n) is 4.16. The number of benzene rings is 1. The lowest BCUT2D eigenvalue weighted by Crippen LogP contribution is -2.07. The van der Waals surface area contributed by atoms with Crippen LogP contribution >= 0.6 is 11.8 Å². The molecule has 0 bridgehead atoms. The molecule has 1 aliphatic carbocycles. The maximum absolute atomic E-state index is 13.9. The number of nitrogens with zero attached hydrogens (tertiary/aromatic N) is 4. The summed E-state index contributed by atoms with van der Waals surface area (Å²) in [5, 5.41) is 8.52. The van der Waals surface area contributed by atoms with E-state index in [9.17, 15) is 22.0 Å². The molecular formula is C17H11F5N4S. The number of hydrogen-bond acceptors (Lipinski definition) is 4. The van der Waals surface area contributed by atoms with Crippen molar-refractivity contribution in [2.75, 3.05) is 0 Å². The van der Waals surface area contributed by atoms with Crippen LogP contribution in [0.5, 0.6) is 0 Å². The van der Waals surface area contributed by atoms with Gasteiger partial charge in [0, 0.05) is 35.3 Å². The van der Waals surface area contributed by atoms with Crippen molar-refractivity contribution < 1.29 is 22.0 Å². The van der Waals surface area contributed by atoms with E-state index in [2.05, 4.69) is 15.2 Å². The predicted octanol–water partition coefficient (Wildman–Crippen LogP) is 4.66. The Balaban J connectivity index is 1.67. The minimum atomic E-state index is -2.17. The van der Waals surface area contributed by atoms with Crippen molar-refractivity contribution in [1.29, 1.82) is 0 Å². The Kier molecular flexibility index (Phi) is 4.58. The summed E-state index contributed by atoms with van der Waals surface area (Å²) in [6, 6.07) is 3.64. The first kappa shape index (κ1) is 17.9. The second-order valence-corrected chi connectivity index (χ2v) is 6.92. The summed E-state index contributed by atoms with van der Waals surface area (Å²) in [7, 11) is 0. The Bertz CT molecular complexity index is 975. The molecule has 1 saturated carbocycles. The normalized spacial score (nSPS) is 14.0. The molecule has 1 fully saturated rings. The van der Waals surface area contributed by atoms with Crippen LogP contribution in [0.1, 0.15) is 24.4 Å². The van der Waals surface area contributed by atoms with Crippen molar-refractivity contribution in [2.24, 2.45) is 0 Å². The van der Waals surface area contributed by atoms with E-state index in [1.807, 2.05) is 4.57 Å². The molecule has 0 radical (unpaired) electrons. The van der Waals surface area contributed by atoms with Gasteiger partial charge in [-0.2, -0.15) is 0 Å². The first-order chi connectivity index (χ1) is 13.0. The Morgan fingerprint density at radius 3 is 2.07 bits per heavy atom. The lowest BCUT2D eigenvalue weighted by atomic mass is 10.2. The van der Waals surface area contributed by atoms with Gasteiger partial charge in [0.05, 0.1) is 0 Å². The molecule has 4 rings (SSSR count). The molecule has 0 atom stereocenters. The number of pyridine rings is 1. The molecular weight excluding hydrogens is 387 g/mol. The maximum Gasteiger partial charge on any atom is 0.200 e. The molecule has 27 heavy (non-hydrogen) atoms. The second kappa shape index (κ2) is 6.91. The highest BCUT2D eigenvalue weighted by Crippen LogP contribution is 2.41. The topological polar surface area (TPSA) is 43.6 Å². The first-order valence-corrected chi connectivity index (χ1v) is 8.96. The summed E-state index contributed by atoms with van der Waals surface area (Å²) in [5.41, 5.74) is -0.111. The average Bonchev–Trinajstić information content (AvgIpc) is 3.45. The smallest absolute Gasteiger partial charge is 0.200 e. The van der Waals surface area contributed by atoms with Crippen LogP contribution in [0, 0.1) is 29.1 Å². The molecule has 1 aliphatic rings. The monoisotopic (exact) mass is 398 g/mol. The Hall–Kier alpha value is -2.49. The second-order valence-electron chi connectivity index (χ2n) is 5.98. The molecule has 0 N–H and O–H groups in total. The zero-order valence-corrected chi connectivity index (χ0v) is 14.4. The molecule has 2 aromatic heterocycles. The number of halogens is 5. The number of rotatable bonds is 5. The maximum atomic E-state index is 13.9. The zero-order valence-electron chi connectivity index (χ0n) is 13.6. The van der Waals surface area contributed by atoms with Crippen molar-refractivity contribution in [1.82, 2.24) is 19.7 Å². The summed E-state index contributed by atoms with van der Waals surface area (Å²) in [5.74, 6) is -9.63. The molecule has 140 valence electrons. The SMILES string of the molecule is Fc1c(F)c(F)c(CSc2nnc(-c3ccncc3)n2C2CC2)c(F)c1F. The van der Waals surface area contributed by atoms with Gasteiger partial charge in [-0.1, -0.05) is 11.8 Å². The fraction of sp³-hybridized carbons (Fsp3) is 0.235. The van der Waals surface area contributed by atoms with Crippen LogP contribution in [-0.2, 0) is 5.75 Å². The van der Waals surface area contributed by atoms with Crippen LogP contribution in [0.2, 0.25) is 0 Å². The molecule has 0 spiro atoms. The Labute approximate surface area is 154 Å². The fourth-order valence-corrected chi connectivity index (χ4v) is 3.65. The molecule has 0 saturated heterocycles. The summed E-state index contributed by atoms with van der Waals surface area (Å²) in [6.45, 7) is 0. The van der Waals surface area contributed by atoms with Crippen LogP contribution in [0.4, 0.5) is 22.0 Å². The lowest BCUT2D eigenvalue weighted by molar-refractivity contribution is 0.372. The third-order valence-corrected chi connectivity index (χ3v) is 5.13. The van der Waals surface area contributed by atoms with Gasteiger partial charge in [-0.3, -0.25) is 9.55 Å². The molecule has 0 amide bonds. The van der Waals surface area contributed by atoms with Crippen LogP contribution in [-0.4, -0.2) is 19.7 Å². The van der Waals surface area contributed by atoms with Gasteiger partial charge in [0.15, 0.2) is 34.2 Å². The lowest BCUT2D eigenvalue weighted by Gasteiger charge is -2.10. The van der Waals surface area contributed by atoms with Gasteiger partial charge < -0.3 is 0 Å². The number of thioether (sulfide) groups is 1. The molecule has 0 unspecified atom stereocenters. The minimum absolute atomic E-state index is 0.141. The van der Waals surface area contributed by atoms with E-state index in [1.54, 1.807) is 24.5 Å². The summed E-state index contributed by atoms with van der Waals surface area (Å²) < 4.78 is 69.4. The Morgan fingerprint density at radius 2 is 1.48 bits per heavy atom. The van der Waals surface area contributed by atoms with E-state index in [0.29, 0.717) is 11.0 Å². The first-order valence-electron chi connectivity index (χ1n) is 7.97. The Morgan fingerprint density at radius 1 is 0.889 bits per heavy atom. The van der Waals surface area contributed by atoms with Crippen molar-refractivity contribution in [3.05, 3.63) is 59.2 Å². The zero-order chi connectivity index (χ0) is 19.1. The van der Waals surface area contributed by atoms with Crippen molar-refractivity contribution in [3.63, 3.8) is 0 Å². The van der Waals surface area contributed by atoms with E-state index in [1.165, 1.54) is 0 Å². The molecule has 3 aromatic rings. The molecule has 0 aliphatic heterocycles. The van der Waals surface area contributed by atoms with E-state index in [0.717, 1.165) is 30.2 Å². The van der Waals surface area contributed by atoms with E-state index >= 15 is 0 Å².